The van der Waals surface area contributed by atoms with Crippen molar-refractivity contribution in [1.82, 2.24) is 9.88 Å². The highest BCUT2D eigenvalue weighted by Gasteiger charge is 2.08. The number of likely N-dealkylation sites (N-methyl/N-ethyl adjacent to an activating group) is 1. The molecule has 1 rings (SSSR count). The fraction of sp³-hybridized carbons (Fsp3) is 0.583. The molecule has 0 saturated heterocycles. The molecule has 0 spiro atoms. The second-order valence-corrected chi connectivity index (χ2v) is 4.18. The Bertz CT molecular complexity index is 317. The molecular weight excluding hydrogens is 202 g/mol. The first kappa shape index (κ1) is 13.1. The van der Waals surface area contributed by atoms with Gasteiger partial charge in [-0.05, 0) is 25.6 Å². The fourth-order valence-corrected chi connectivity index (χ4v) is 1.67. The molecule has 16 heavy (non-hydrogen) atoms. The van der Waals surface area contributed by atoms with Crippen LogP contribution in [0, 0.1) is 6.92 Å². The Morgan fingerprint density at radius 2 is 2.31 bits per heavy atom. The van der Waals surface area contributed by atoms with Crippen molar-refractivity contribution in [3.8, 4) is 0 Å². The average Bonchev–Trinajstić information content (AvgIpc) is 2.21. The Kier molecular flexibility index (Phi) is 5.38. The number of aryl methyl sites for hydroxylation is 1. The second-order valence-electron chi connectivity index (χ2n) is 4.18. The minimum atomic E-state index is 0.0546. The summed E-state index contributed by atoms with van der Waals surface area (Å²) in [6.45, 7) is 4.30. The predicted octanol–water partition coefficient (Wildman–Crippen LogP) is 0.796. The van der Waals surface area contributed by atoms with Crippen LogP contribution in [0.25, 0.3) is 0 Å². The molecule has 1 atom stereocenters. The molecule has 0 aliphatic heterocycles. The van der Waals surface area contributed by atoms with E-state index in [0.29, 0.717) is 6.61 Å². The lowest BCUT2D eigenvalue weighted by molar-refractivity contribution is 0.159. The molecule has 0 aromatic carbocycles. The van der Waals surface area contributed by atoms with E-state index in [1.807, 2.05) is 19.3 Å². The maximum absolute atomic E-state index is 5.89. The summed E-state index contributed by atoms with van der Waals surface area (Å²) in [5.41, 5.74) is 8.21. The van der Waals surface area contributed by atoms with Gasteiger partial charge in [-0.15, -0.1) is 0 Å². The molecule has 90 valence electrons. The third-order valence-electron chi connectivity index (χ3n) is 2.46. The monoisotopic (exact) mass is 223 g/mol. The molecule has 2 N–H and O–H groups in total. The molecule has 4 nitrogen and oxygen atoms in total. The maximum atomic E-state index is 5.89. The summed E-state index contributed by atoms with van der Waals surface area (Å²) >= 11 is 0. The summed E-state index contributed by atoms with van der Waals surface area (Å²) in [4.78, 5) is 6.52. The molecular formula is C12H21N3O. The first-order valence-electron chi connectivity index (χ1n) is 5.47. The maximum Gasteiger partial charge on any atom is 0.0626 e. The second kappa shape index (κ2) is 6.58. The number of nitrogens with two attached hydrogens (primary N) is 1. The molecule has 0 aliphatic carbocycles. The van der Waals surface area contributed by atoms with Crippen LogP contribution in [0.5, 0.6) is 0 Å². The van der Waals surface area contributed by atoms with E-state index in [0.717, 1.165) is 18.8 Å². The Hall–Kier alpha value is -0.970. The quantitative estimate of drug-likeness (QED) is 0.775. The molecule has 1 unspecified atom stereocenters. The Morgan fingerprint density at radius 1 is 1.56 bits per heavy atom. The van der Waals surface area contributed by atoms with Crippen LogP contribution in [0.3, 0.4) is 0 Å². The lowest BCUT2D eigenvalue weighted by Crippen LogP contribution is -2.38. The summed E-state index contributed by atoms with van der Waals surface area (Å²) in [5, 5.41) is 0. The summed E-state index contributed by atoms with van der Waals surface area (Å²) < 4.78 is 5.01. The number of aromatic nitrogens is 1. The van der Waals surface area contributed by atoms with Crippen LogP contribution >= 0.6 is 0 Å². The number of hydrogen-bond acceptors (Lipinski definition) is 4. The van der Waals surface area contributed by atoms with Crippen molar-refractivity contribution in [2.24, 2.45) is 5.73 Å². The van der Waals surface area contributed by atoms with Gasteiger partial charge in [-0.25, -0.2) is 0 Å². The molecule has 0 radical (unpaired) electrons. The SMILES string of the molecule is COCC(N)CN(C)Cc1ncccc1C. The molecule has 1 aromatic rings. The lowest BCUT2D eigenvalue weighted by Gasteiger charge is -2.21. The van der Waals surface area contributed by atoms with Crippen LogP contribution in [-0.2, 0) is 11.3 Å². The van der Waals surface area contributed by atoms with Gasteiger partial charge in [0.1, 0.15) is 0 Å². The van der Waals surface area contributed by atoms with E-state index in [4.69, 9.17) is 10.5 Å². The van der Waals surface area contributed by atoms with Crippen molar-refractivity contribution in [2.75, 3.05) is 27.3 Å². The van der Waals surface area contributed by atoms with Gasteiger partial charge in [0, 0.05) is 32.4 Å². The van der Waals surface area contributed by atoms with Gasteiger partial charge in [-0.1, -0.05) is 6.07 Å². The molecule has 0 amide bonds. The lowest BCUT2D eigenvalue weighted by atomic mass is 10.2. The van der Waals surface area contributed by atoms with Gasteiger partial charge in [-0.3, -0.25) is 9.88 Å². The van der Waals surface area contributed by atoms with Crippen molar-refractivity contribution in [2.45, 2.75) is 19.5 Å². The molecule has 0 bridgehead atoms. The van der Waals surface area contributed by atoms with E-state index in [1.54, 1.807) is 7.11 Å². The van der Waals surface area contributed by atoms with Crippen LogP contribution in [0.15, 0.2) is 18.3 Å². The van der Waals surface area contributed by atoms with E-state index in [2.05, 4.69) is 22.9 Å². The van der Waals surface area contributed by atoms with Crippen LogP contribution in [0.2, 0.25) is 0 Å². The topological polar surface area (TPSA) is 51.4 Å². The van der Waals surface area contributed by atoms with Gasteiger partial charge in [0.25, 0.3) is 0 Å². The van der Waals surface area contributed by atoms with Crippen molar-refractivity contribution in [1.29, 1.82) is 0 Å². The average molecular weight is 223 g/mol. The molecule has 4 heteroatoms. The normalized spacial score (nSPS) is 13.1. The predicted molar refractivity (Wildman–Crippen MR) is 65.2 cm³/mol. The van der Waals surface area contributed by atoms with Crippen molar-refractivity contribution >= 4 is 0 Å². The van der Waals surface area contributed by atoms with Gasteiger partial charge in [-0.2, -0.15) is 0 Å². The molecule has 1 aromatic heterocycles. The van der Waals surface area contributed by atoms with Crippen molar-refractivity contribution in [3.63, 3.8) is 0 Å². The van der Waals surface area contributed by atoms with Crippen molar-refractivity contribution in [3.05, 3.63) is 29.6 Å². The van der Waals surface area contributed by atoms with Crippen LogP contribution in [0.4, 0.5) is 0 Å². The van der Waals surface area contributed by atoms with Gasteiger partial charge in [0.05, 0.1) is 12.3 Å². The number of pyridine rings is 1. The van der Waals surface area contributed by atoms with E-state index in [1.165, 1.54) is 5.56 Å². The van der Waals surface area contributed by atoms with E-state index >= 15 is 0 Å². The fourth-order valence-electron chi connectivity index (χ4n) is 1.67. The minimum absolute atomic E-state index is 0.0546. The zero-order valence-electron chi connectivity index (χ0n) is 10.3. The zero-order valence-corrected chi connectivity index (χ0v) is 10.3. The summed E-state index contributed by atoms with van der Waals surface area (Å²) in [7, 11) is 3.71. The Morgan fingerprint density at radius 3 is 2.94 bits per heavy atom. The largest absolute Gasteiger partial charge is 0.383 e. The summed E-state index contributed by atoms with van der Waals surface area (Å²) in [6.07, 6.45) is 1.82. The van der Waals surface area contributed by atoms with Gasteiger partial charge in [0.15, 0.2) is 0 Å². The zero-order chi connectivity index (χ0) is 12.0. The molecule has 0 fully saturated rings. The molecule has 0 saturated carbocycles. The number of ether oxygens (including phenoxy) is 1. The van der Waals surface area contributed by atoms with Crippen LogP contribution < -0.4 is 5.73 Å². The van der Waals surface area contributed by atoms with E-state index < -0.39 is 0 Å². The van der Waals surface area contributed by atoms with E-state index in [-0.39, 0.29) is 6.04 Å². The number of rotatable bonds is 6. The highest BCUT2D eigenvalue weighted by molar-refractivity contribution is 5.17. The number of methoxy groups -OCH3 is 1. The van der Waals surface area contributed by atoms with Crippen LogP contribution in [-0.4, -0.2) is 43.2 Å². The highest BCUT2D eigenvalue weighted by Crippen LogP contribution is 2.06. The summed E-state index contributed by atoms with van der Waals surface area (Å²) in [6, 6.07) is 4.08. The molecule has 0 aliphatic rings. The highest BCUT2D eigenvalue weighted by atomic mass is 16.5. The van der Waals surface area contributed by atoms with Crippen LogP contribution in [0.1, 0.15) is 11.3 Å². The third-order valence-corrected chi connectivity index (χ3v) is 2.46. The summed E-state index contributed by atoms with van der Waals surface area (Å²) in [5.74, 6) is 0. The van der Waals surface area contributed by atoms with E-state index in [9.17, 15) is 0 Å². The van der Waals surface area contributed by atoms with Crippen molar-refractivity contribution < 1.29 is 4.74 Å². The Balaban J connectivity index is 2.45. The third kappa shape index (κ3) is 4.26. The van der Waals surface area contributed by atoms with Gasteiger partial charge < -0.3 is 10.5 Å². The Labute approximate surface area is 97.4 Å². The number of nitrogens with zero attached hydrogens (tertiary/aromatic N) is 2. The smallest absolute Gasteiger partial charge is 0.0626 e. The molecule has 1 heterocycles. The minimum Gasteiger partial charge on any atom is -0.383 e. The van der Waals surface area contributed by atoms with Gasteiger partial charge >= 0.3 is 0 Å². The number of hydrogen-bond donors (Lipinski definition) is 1. The first-order valence-corrected chi connectivity index (χ1v) is 5.47. The standard InChI is InChI=1S/C12H21N3O/c1-10-5-4-6-14-12(10)8-15(2)7-11(13)9-16-3/h4-6,11H,7-9,13H2,1-3H3. The van der Waals surface area contributed by atoms with Gasteiger partial charge in [0.2, 0.25) is 0 Å². The first-order chi connectivity index (χ1) is 7.63.